The molecule has 0 aliphatic heterocycles. The highest BCUT2D eigenvalue weighted by Gasteiger charge is 2.13. The molecule has 0 aliphatic rings. The number of rotatable bonds is 7. The van der Waals surface area contributed by atoms with E-state index in [9.17, 15) is 9.90 Å². The van der Waals surface area contributed by atoms with E-state index in [1.54, 1.807) is 4.90 Å². The minimum absolute atomic E-state index is 0.00791. The Morgan fingerprint density at radius 3 is 2.44 bits per heavy atom. The molecule has 0 spiro atoms. The van der Waals surface area contributed by atoms with E-state index in [0.717, 1.165) is 11.3 Å². The molecule has 0 bridgehead atoms. The average Bonchev–Trinajstić information content (AvgIpc) is 2.35. The second-order valence-electron chi connectivity index (χ2n) is 4.26. The number of carbonyl (C=O) groups is 1. The number of aliphatic hydroxyl groups excluding tert-OH is 2. The number of carboxylic acids is 1. The van der Waals surface area contributed by atoms with Crippen molar-refractivity contribution in [2.45, 2.75) is 19.4 Å². The lowest BCUT2D eigenvalue weighted by Crippen LogP contribution is -2.35. The second-order valence-corrected chi connectivity index (χ2v) is 4.26. The Kier molecular flexibility index (Phi) is 5.61. The number of anilines is 1. The zero-order chi connectivity index (χ0) is 13.5. The van der Waals surface area contributed by atoms with Crippen molar-refractivity contribution in [3.63, 3.8) is 0 Å². The van der Waals surface area contributed by atoms with E-state index < -0.39 is 12.1 Å². The summed E-state index contributed by atoms with van der Waals surface area (Å²) >= 11 is 0. The second kappa shape index (κ2) is 6.98. The summed E-state index contributed by atoms with van der Waals surface area (Å²) in [7, 11) is 0. The van der Waals surface area contributed by atoms with Crippen molar-refractivity contribution < 1.29 is 20.1 Å². The summed E-state index contributed by atoms with van der Waals surface area (Å²) in [5.74, 6) is -0.884. The van der Waals surface area contributed by atoms with Gasteiger partial charge in [0.05, 0.1) is 19.1 Å². The van der Waals surface area contributed by atoms with E-state index in [1.165, 1.54) is 0 Å². The molecule has 1 aromatic carbocycles. The molecule has 0 saturated carbocycles. The van der Waals surface area contributed by atoms with Gasteiger partial charge in [-0.25, -0.2) is 0 Å². The van der Waals surface area contributed by atoms with Crippen LogP contribution in [0, 0.1) is 6.92 Å². The Balaban J connectivity index is 2.75. The predicted octanol–water partition coefficient (Wildman–Crippen LogP) is 0.629. The van der Waals surface area contributed by atoms with E-state index in [0.29, 0.717) is 6.54 Å². The van der Waals surface area contributed by atoms with Gasteiger partial charge in [-0.3, -0.25) is 4.79 Å². The quantitative estimate of drug-likeness (QED) is 0.664. The monoisotopic (exact) mass is 253 g/mol. The van der Waals surface area contributed by atoms with Gasteiger partial charge in [0.2, 0.25) is 0 Å². The van der Waals surface area contributed by atoms with Crippen LogP contribution in [0.5, 0.6) is 0 Å². The fraction of sp³-hybridized carbons (Fsp3) is 0.462. The zero-order valence-corrected chi connectivity index (χ0v) is 10.4. The highest BCUT2D eigenvalue weighted by Crippen LogP contribution is 2.16. The molecule has 0 aliphatic carbocycles. The fourth-order valence-electron chi connectivity index (χ4n) is 1.62. The van der Waals surface area contributed by atoms with Crippen LogP contribution in [0.3, 0.4) is 0 Å². The van der Waals surface area contributed by atoms with Gasteiger partial charge >= 0.3 is 5.97 Å². The van der Waals surface area contributed by atoms with Gasteiger partial charge in [0, 0.05) is 18.8 Å². The molecule has 5 nitrogen and oxygen atoms in total. The Labute approximate surface area is 106 Å². The number of aryl methyl sites for hydroxylation is 1. The average molecular weight is 253 g/mol. The van der Waals surface area contributed by atoms with E-state index >= 15 is 0 Å². The third kappa shape index (κ3) is 4.73. The molecule has 3 N–H and O–H groups in total. The molecule has 0 heterocycles. The summed E-state index contributed by atoms with van der Waals surface area (Å²) in [6.07, 6.45) is -0.883. The van der Waals surface area contributed by atoms with Crippen LogP contribution < -0.4 is 4.90 Å². The Bertz CT molecular complexity index is 377. The van der Waals surface area contributed by atoms with Gasteiger partial charge in [-0.15, -0.1) is 0 Å². The number of hydrogen-bond acceptors (Lipinski definition) is 4. The van der Waals surface area contributed by atoms with Crippen LogP contribution in [-0.4, -0.2) is 47.1 Å². The Hall–Kier alpha value is -1.59. The molecule has 0 saturated heterocycles. The van der Waals surface area contributed by atoms with Crippen LogP contribution in [-0.2, 0) is 4.79 Å². The highest BCUT2D eigenvalue weighted by molar-refractivity contribution is 5.67. The van der Waals surface area contributed by atoms with Gasteiger partial charge in [-0.05, 0) is 19.1 Å². The van der Waals surface area contributed by atoms with Crippen molar-refractivity contribution in [3.8, 4) is 0 Å². The van der Waals surface area contributed by atoms with Gasteiger partial charge in [-0.2, -0.15) is 0 Å². The molecule has 0 radical (unpaired) electrons. The molecule has 0 fully saturated rings. The molecule has 1 atom stereocenters. The van der Waals surface area contributed by atoms with Gasteiger partial charge in [0.1, 0.15) is 0 Å². The molecule has 0 amide bonds. The van der Waals surface area contributed by atoms with Crippen LogP contribution in [0.1, 0.15) is 12.0 Å². The molecule has 5 heteroatoms. The van der Waals surface area contributed by atoms with Crippen LogP contribution in [0.15, 0.2) is 24.3 Å². The number of hydrogen-bond donors (Lipinski definition) is 3. The third-order valence-electron chi connectivity index (χ3n) is 2.64. The minimum atomic E-state index is -0.884. The van der Waals surface area contributed by atoms with E-state index in [4.69, 9.17) is 10.2 Å². The van der Waals surface area contributed by atoms with Crippen molar-refractivity contribution in [2.75, 3.05) is 24.6 Å². The first-order valence-corrected chi connectivity index (χ1v) is 5.85. The predicted molar refractivity (Wildman–Crippen MR) is 68.7 cm³/mol. The van der Waals surface area contributed by atoms with E-state index in [2.05, 4.69) is 0 Å². The largest absolute Gasteiger partial charge is 0.481 e. The standard InChI is InChI=1S/C13H19NO4/c1-10-2-4-11(5-3-10)14(7-6-13(17)18)8-12(16)9-15/h2-5,12,15-16H,6-9H2,1H3,(H,17,18). The summed E-state index contributed by atoms with van der Waals surface area (Å²) in [5, 5.41) is 27.0. The zero-order valence-electron chi connectivity index (χ0n) is 10.4. The lowest BCUT2D eigenvalue weighted by Gasteiger charge is -2.26. The third-order valence-corrected chi connectivity index (χ3v) is 2.64. The molecule has 1 unspecified atom stereocenters. The lowest BCUT2D eigenvalue weighted by molar-refractivity contribution is -0.136. The van der Waals surface area contributed by atoms with Crippen molar-refractivity contribution in [1.29, 1.82) is 0 Å². The molecule has 100 valence electrons. The van der Waals surface area contributed by atoms with Crippen molar-refractivity contribution in [3.05, 3.63) is 29.8 Å². The normalized spacial score (nSPS) is 12.2. The van der Waals surface area contributed by atoms with Gasteiger partial charge in [0.25, 0.3) is 0 Å². The number of carboxylic acid groups (broad SMARTS) is 1. The summed E-state index contributed by atoms with van der Waals surface area (Å²) in [4.78, 5) is 12.4. The first-order chi connectivity index (χ1) is 8.52. The molecule has 18 heavy (non-hydrogen) atoms. The number of benzene rings is 1. The molecular weight excluding hydrogens is 234 g/mol. The van der Waals surface area contributed by atoms with Gasteiger partial charge < -0.3 is 20.2 Å². The molecular formula is C13H19NO4. The Morgan fingerprint density at radius 2 is 1.94 bits per heavy atom. The van der Waals surface area contributed by atoms with E-state index in [-0.39, 0.29) is 19.6 Å². The maximum absolute atomic E-state index is 10.6. The minimum Gasteiger partial charge on any atom is -0.481 e. The van der Waals surface area contributed by atoms with Gasteiger partial charge in [-0.1, -0.05) is 17.7 Å². The molecule has 1 rings (SSSR count). The first kappa shape index (κ1) is 14.5. The van der Waals surface area contributed by atoms with Crippen molar-refractivity contribution in [1.82, 2.24) is 0 Å². The van der Waals surface area contributed by atoms with Crippen LogP contribution in [0.4, 0.5) is 5.69 Å². The van der Waals surface area contributed by atoms with Crippen LogP contribution in [0.2, 0.25) is 0 Å². The maximum Gasteiger partial charge on any atom is 0.305 e. The molecule has 0 aromatic heterocycles. The summed E-state index contributed by atoms with van der Waals surface area (Å²) in [6, 6.07) is 7.60. The number of aliphatic carboxylic acids is 1. The first-order valence-electron chi connectivity index (χ1n) is 5.85. The summed E-state index contributed by atoms with van der Waals surface area (Å²) in [5.41, 5.74) is 1.95. The van der Waals surface area contributed by atoms with Gasteiger partial charge in [0.15, 0.2) is 0 Å². The summed E-state index contributed by atoms with van der Waals surface area (Å²) in [6.45, 7) is 2.14. The number of aliphatic hydroxyl groups is 2. The SMILES string of the molecule is Cc1ccc(N(CCC(=O)O)CC(O)CO)cc1. The van der Waals surface area contributed by atoms with Crippen molar-refractivity contribution in [2.24, 2.45) is 0 Å². The van der Waals surface area contributed by atoms with Crippen molar-refractivity contribution >= 4 is 11.7 Å². The lowest BCUT2D eigenvalue weighted by atomic mass is 10.2. The summed E-state index contributed by atoms with van der Waals surface area (Å²) < 4.78 is 0. The fourth-order valence-corrected chi connectivity index (χ4v) is 1.62. The Morgan fingerprint density at radius 1 is 1.33 bits per heavy atom. The van der Waals surface area contributed by atoms with E-state index in [1.807, 2.05) is 31.2 Å². The topological polar surface area (TPSA) is 81.0 Å². The number of nitrogens with zero attached hydrogens (tertiary/aromatic N) is 1. The van der Waals surface area contributed by atoms with Crippen LogP contribution >= 0.6 is 0 Å². The smallest absolute Gasteiger partial charge is 0.305 e. The maximum atomic E-state index is 10.6. The molecule has 1 aromatic rings. The van der Waals surface area contributed by atoms with Crippen LogP contribution in [0.25, 0.3) is 0 Å². The highest BCUT2D eigenvalue weighted by atomic mass is 16.4.